The highest BCUT2D eigenvalue weighted by Crippen LogP contribution is 2.27. The molecule has 3 rings (SSSR count). The maximum absolute atomic E-state index is 12.5. The van der Waals surface area contributed by atoms with Crippen LogP contribution in [0.15, 0.2) is 59.5 Å². The minimum Gasteiger partial charge on any atom is -0.476 e. The third-order valence-corrected chi connectivity index (χ3v) is 6.13. The number of benzene rings is 2. The fourth-order valence-corrected chi connectivity index (χ4v) is 4.52. The predicted octanol–water partition coefficient (Wildman–Crippen LogP) is 3.07. The summed E-state index contributed by atoms with van der Waals surface area (Å²) in [6, 6.07) is 15.3. The monoisotopic (exact) mass is 441 g/mol. The largest absolute Gasteiger partial charge is 0.476 e. The molecule has 1 amide bonds. The molecular weight excluding hydrogens is 418 g/mol. The molecule has 0 aliphatic carbocycles. The van der Waals surface area contributed by atoms with Crippen LogP contribution in [0.3, 0.4) is 0 Å². The number of aromatic carboxylic acids is 1. The van der Waals surface area contributed by atoms with Crippen molar-refractivity contribution in [1.29, 1.82) is 0 Å². The molecule has 31 heavy (non-hydrogen) atoms. The number of nitrogens with one attached hydrogen (secondary N) is 1. The van der Waals surface area contributed by atoms with Crippen LogP contribution in [0.4, 0.5) is 0 Å². The summed E-state index contributed by atoms with van der Waals surface area (Å²) < 4.78 is 28.7. The van der Waals surface area contributed by atoms with Gasteiger partial charge < -0.3 is 5.11 Å². The molecule has 0 atom stereocenters. The SMILES string of the molecule is CCCc1cc(C(=O)O)nn1Cc1ccc(-c2ccccc2S(=O)(=O)NC(C)=O)cc1. The van der Waals surface area contributed by atoms with Gasteiger partial charge in [0.25, 0.3) is 10.0 Å². The highest BCUT2D eigenvalue weighted by Gasteiger charge is 2.20. The Morgan fingerprint density at radius 3 is 2.39 bits per heavy atom. The number of carbonyl (C=O) groups is 2. The Hall–Kier alpha value is -3.46. The summed E-state index contributed by atoms with van der Waals surface area (Å²) in [6.45, 7) is 3.56. The van der Waals surface area contributed by atoms with E-state index in [-0.39, 0.29) is 10.6 Å². The van der Waals surface area contributed by atoms with E-state index in [0.29, 0.717) is 24.1 Å². The summed E-state index contributed by atoms with van der Waals surface area (Å²) in [5, 5.41) is 13.4. The van der Waals surface area contributed by atoms with Gasteiger partial charge >= 0.3 is 5.97 Å². The first-order chi connectivity index (χ1) is 14.7. The van der Waals surface area contributed by atoms with E-state index in [0.717, 1.165) is 24.6 Å². The molecule has 0 saturated heterocycles. The third-order valence-electron chi connectivity index (χ3n) is 4.64. The third kappa shape index (κ3) is 5.18. The number of amides is 1. The first-order valence-corrected chi connectivity index (χ1v) is 11.2. The minimum atomic E-state index is -3.98. The molecule has 9 heteroatoms. The molecule has 162 valence electrons. The van der Waals surface area contributed by atoms with Crippen molar-refractivity contribution < 1.29 is 23.1 Å². The van der Waals surface area contributed by atoms with Gasteiger partial charge in [-0.2, -0.15) is 5.10 Å². The van der Waals surface area contributed by atoms with Gasteiger partial charge in [-0.25, -0.2) is 17.9 Å². The molecule has 1 heterocycles. The summed E-state index contributed by atoms with van der Waals surface area (Å²) >= 11 is 0. The summed E-state index contributed by atoms with van der Waals surface area (Å²) in [7, 11) is -3.98. The normalized spacial score (nSPS) is 11.3. The molecule has 0 aliphatic heterocycles. The summed E-state index contributed by atoms with van der Waals surface area (Å²) in [5.74, 6) is -1.73. The van der Waals surface area contributed by atoms with E-state index in [9.17, 15) is 23.1 Å². The number of rotatable bonds is 8. The lowest BCUT2D eigenvalue weighted by Crippen LogP contribution is -2.28. The van der Waals surface area contributed by atoms with E-state index in [4.69, 9.17) is 0 Å². The molecule has 0 radical (unpaired) electrons. The molecule has 8 nitrogen and oxygen atoms in total. The Bertz CT molecular complexity index is 1210. The fraction of sp³-hybridized carbons (Fsp3) is 0.227. The maximum Gasteiger partial charge on any atom is 0.356 e. The second-order valence-electron chi connectivity index (χ2n) is 7.09. The number of hydrogen-bond donors (Lipinski definition) is 2. The van der Waals surface area contributed by atoms with Crippen molar-refractivity contribution in [1.82, 2.24) is 14.5 Å². The number of nitrogens with zero attached hydrogens (tertiary/aromatic N) is 2. The number of sulfonamides is 1. The second-order valence-corrected chi connectivity index (χ2v) is 8.74. The average Bonchev–Trinajstić information content (AvgIpc) is 3.11. The molecule has 0 unspecified atom stereocenters. The van der Waals surface area contributed by atoms with Crippen LogP contribution in [-0.4, -0.2) is 35.2 Å². The van der Waals surface area contributed by atoms with Gasteiger partial charge in [-0.3, -0.25) is 9.48 Å². The van der Waals surface area contributed by atoms with E-state index in [1.165, 1.54) is 6.07 Å². The topological polar surface area (TPSA) is 118 Å². The summed E-state index contributed by atoms with van der Waals surface area (Å²) in [6.07, 6.45) is 1.58. The highest BCUT2D eigenvalue weighted by molar-refractivity contribution is 7.90. The number of aromatic nitrogens is 2. The molecule has 0 bridgehead atoms. The first kappa shape index (κ1) is 22.2. The molecule has 2 N–H and O–H groups in total. The Morgan fingerprint density at radius 2 is 1.77 bits per heavy atom. The van der Waals surface area contributed by atoms with Crippen LogP contribution in [0.25, 0.3) is 11.1 Å². The molecule has 0 aliphatic rings. The van der Waals surface area contributed by atoms with E-state index < -0.39 is 21.9 Å². The Morgan fingerprint density at radius 1 is 1.10 bits per heavy atom. The molecule has 2 aromatic carbocycles. The first-order valence-electron chi connectivity index (χ1n) is 9.73. The van der Waals surface area contributed by atoms with Crippen LogP contribution in [0.1, 0.15) is 42.0 Å². The van der Waals surface area contributed by atoms with Gasteiger partial charge in [0.1, 0.15) is 0 Å². The molecule has 1 aromatic heterocycles. The maximum atomic E-state index is 12.5. The molecule has 0 fully saturated rings. The van der Waals surface area contributed by atoms with Crippen molar-refractivity contribution in [3.8, 4) is 11.1 Å². The average molecular weight is 442 g/mol. The van der Waals surface area contributed by atoms with Crippen LogP contribution in [-0.2, 0) is 27.8 Å². The van der Waals surface area contributed by atoms with Crippen molar-refractivity contribution in [3.63, 3.8) is 0 Å². The van der Waals surface area contributed by atoms with Gasteiger partial charge in [-0.15, -0.1) is 0 Å². The number of carboxylic acid groups (broad SMARTS) is 1. The number of carbonyl (C=O) groups excluding carboxylic acids is 1. The fourth-order valence-electron chi connectivity index (χ4n) is 3.30. The predicted molar refractivity (Wildman–Crippen MR) is 115 cm³/mol. The molecule has 3 aromatic rings. The Kier molecular flexibility index (Phi) is 6.55. The number of carboxylic acids is 1. The van der Waals surface area contributed by atoms with Gasteiger partial charge in [-0.1, -0.05) is 55.8 Å². The lowest BCUT2D eigenvalue weighted by Gasteiger charge is -2.12. The summed E-state index contributed by atoms with van der Waals surface area (Å²) in [4.78, 5) is 22.5. The van der Waals surface area contributed by atoms with Crippen molar-refractivity contribution in [3.05, 3.63) is 71.5 Å². The zero-order valence-corrected chi connectivity index (χ0v) is 18.0. The van der Waals surface area contributed by atoms with Crippen molar-refractivity contribution in [2.24, 2.45) is 0 Å². The number of aryl methyl sites for hydroxylation is 1. The van der Waals surface area contributed by atoms with Gasteiger partial charge in [0.15, 0.2) is 5.69 Å². The quantitative estimate of drug-likeness (QED) is 0.555. The second kappa shape index (κ2) is 9.13. The smallest absolute Gasteiger partial charge is 0.356 e. The summed E-state index contributed by atoms with van der Waals surface area (Å²) in [5.41, 5.74) is 2.90. The van der Waals surface area contributed by atoms with Gasteiger partial charge in [-0.05, 0) is 29.7 Å². The number of hydrogen-bond acceptors (Lipinski definition) is 5. The van der Waals surface area contributed by atoms with Gasteiger partial charge in [0.05, 0.1) is 11.4 Å². The van der Waals surface area contributed by atoms with E-state index in [2.05, 4.69) is 5.10 Å². The van der Waals surface area contributed by atoms with Crippen molar-refractivity contribution in [2.45, 2.75) is 38.1 Å². The lowest BCUT2D eigenvalue weighted by atomic mass is 10.0. The zero-order chi connectivity index (χ0) is 22.6. The minimum absolute atomic E-state index is 0.0113. The lowest BCUT2D eigenvalue weighted by molar-refractivity contribution is -0.117. The molecule has 0 saturated carbocycles. The van der Waals surface area contributed by atoms with Crippen LogP contribution in [0, 0.1) is 0 Å². The van der Waals surface area contributed by atoms with Gasteiger partial charge in [0, 0.05) is 18.2 Å². The van der Waals surface area contributed by atoms with Crippen LogP contribution in [0.2, 0.25) is 0 Å². The molecular formula is C22H23N3O5S. The van der Waals surface area contributed by atoms with Crippen LogP contribution < -0.4 is 4.72 Å². The Labute approximate surface area is 180 Å². The zero-order valence-electron chi connectivity index (χ0n) is 17.2. The van der Waals surface area contributed by atoms with E-state index in [1.54, 1.807) is 41.1 Å². The molecule has 0 spiro atoms. The van der Waals surface area contributed by atoms with Gasteiger partial charge in [0.2, 0.25) is 5.91 Å². The van der Waals surface area contributed by atoms with Crippen LogP contribution in [0.5, 0.6) is 0 Å². The van der Waals surface area contributed by atoms with Crippen LogP contribution >= 0.6 is 0 Å². The highest BCUT2D eigenvalue weighted by atomic mass is 32.2. The van der Waals surface area contributed by atoms with E-state index in [1.807, 2.05) is 23.8 Å². The van der Waals surface area contributed by atoms with Crippen molar-refractivity contribution in [2.75, 3.05) is 0 Å². The standard InChI is InChI=1S/C22H23N3O5S/c1-3-6-18-13-20(22(27)28)23-25(18)14-16-9-11-17(12-10-16)19-7-4-5-8-21(19)31(29,30)24-15(2)26/h4-5,7-13H,3,6,14H2,1-2H3,(H,24,26)(H,27,28). The van der Waals surface area contributed by atoms with Crippen molar-refractivity contribution >= 4 is 21.9 Å². The van der Waals surface area contributed by atoms with E-state index >= 15 is 0 Å². The Balaban J connectivity index is 1.91.